The van der Waals surface area contributed by atoms with Gasteiger partial charge in [-0.3, -0.25) is 0 Å². The number of halogens is 1. The molecule has 0 heterocycles. The zero-order valence-corrected chi connectivity index (χ0v) is 16.4. The standard InChI is InChI=1S/C18H29BrN2O2/c1-6-18(7-2,21-16(22)23-17(3,4)5)13-20-12-14-10-8-9-11-15(14)19/h8-11,20H,6-7,12-13H2,1-5H3,(H,21,22). The fraction of sp³-hybridized carbons (Fsp3) is 0.611. The summed E-state index contributed by atoms with van der Waals surface area (Å²) < 4.78 is 6.48. The van der Waals surface area contributed by atoms with Gasteiger partial charge < -0.3 is 15.4 Å². The molecule has 1 amide bonds. The van der Waals surface area contributed by atoms with Crippen molar-refractivity contribution in [3.63, 3.8) is 0 Å². The maximum atomic E-state index is 12.1. The molecule has 4 nitrogen and oxygen atoms in total. The SMILES string of the molecule is CCC(CC)(CNCc1ccccc1Br)NC(=O)OC(C)(C)C. The summed E-state index contributed by atoms with van der Waals surface area (Å²) in [6.45, 7) is 11.2. The molecule has 0 radical (unpaired) electrons. The Balaban J connectivity index is 2.63. The van der Waals surface area contributed by atoms with E-state index in [1.54, 1.807) is 0 Å². The van der Waals surface area contributed by atoms with Gasteiger partial charge in [0.1, 0.15) is 5.60 Å². The van der Waals surface area contributed by atoms with Crippen LogP contribution in [0, 0.1) is 0 Å². The second-order valence-electron chi connectivity index (χ2n) is 6.81. The number of alkyl carbamates (subject to hydrolysis) is 1. The zero-order valence-electron chi connectivity index (χ0n) is 14.8. The van der Waals surface area contributed by atoms with Crippen LogP contribution >= 0.6 is 15.9 Å². The van der Waals surface area contributed by atoms with Crippen LogP contribution in [0.2, 0.25) is 0 Å². The molecule has 0 unspecified atom stereocenters. The van der Waals surface area contributed by atoms with E-state index in [0.29, 0.717) is 6.54 Å². The predicted molar refractivity (Wildman–Crippen MR) is 98.5 cm³/mol. The van der Waals surface area contributed by atoms with Crippen molar-refractivity contribution in [2.45, 2.75) is 65.1 Å². The van der Waals surface area contributed by atoms with E-state index < -0.39 is 5.60 Å². The van der Waals surface area contributed by atoms with Crippen LogP contribution in [0.1, 0.15) is 53.0 Å². The first kappa shape index (κ1) is 20.0. The minimum absolute atomic E-state index is 0.302. The largest absolute Gasteiger partial charge is 0.444 e. The molecule has 0 fully saturated rings. The summed E-state index contributed by atoms with van der Waals surface area (Å²) in [5, 5.41) is 6.51. The number of benzene rings is 1. The van der Waals surface area contributed by atoms with Gasteiger partial charge in [-0.25, -0.2) is 4.79 Å². The van der Waals surface area contributed by atoms with Crippen LogP contribution in [0.5, 0.6) is 0 Å². The normalized spacial score (nSPS) is 12.1. The molecule has 0 aliphatic rings. The summed E-state index contributed by atoms with van der Waals surface area (Å²) in [5.74, 6) is 0. The van der Waals surface area contributed by atoms with Crippen molar-refractivity contribution < 1.29 is 9.53 Å². The molecule has 130 valence electrons. The Bertz CT molecular complexity index is 508. The van der Waals surface area contributed by atoms with Gasteiger partial charge in [-0.1, -0.05) is 48.0 Å². The minimum atomic E-state index is -0.486. The second kappa shape index (κ2) is 8.69. The van der Waals surface area contributed by atoms with E-state index in [2.05, 4.69) is 46.5 Å². The van der Waals surface area contributed by atoms with Crippen molar-refractivity contribution in [3.8, 4) is 0 Å². The Kier molecular flexibility index (Phi) is 7.55. The highest BCUT2D eigenvalue weighted by Crippen LogP contribution is 2.18. The van der Waals surface area contributed by atoms with E-state index in [4.69, 9.17) is 4.74 Å². The highest BCUT2D eigenvalue weighted by atomic mass is 79.9. The lowest BCUT2D eigenvalue weighted by Crippen LogP contribution is -2.55. The Hall–Kier alpha value is -1.07. The van der Waals surface area contributed by atoms with Crippen LogP contribution in [0.15, 0.2) is 28.7 Å². The first-order valence-corrected chi connectivity index (χ1v) is 8.96. The average molecular weight is 385 g/mol. The molecule has 0 atom stereocenters. The molecule has 1 aromatic rings. The molecule has 0 saturated carbocycles. The molecule has 5 heteroatoms. The van der Waals surface area contributed by atoms with Crippen LogP contribution in [0.3, 0.4) is 0 Å². The molecule has 0 aromatic heterocycles. The molecular weight excluding hydrogens is 356 g/mol. The first-order chi connectivity index (χ1) is 10.7. The number of nitrogens with one attached hydrogen (secondary N) is 2. The lowest BCUT2D eigenvalue weighted by Gasteiger charge is -2.34. The van der Waals surface area contributed by atoms with Gasteiger partial charge in [0.2, 0.25) is 0 Å². The molecule has 0 aliphatic carbocycles. The van der Waals surface area contributed by atoms with Gasteiger partial charge >= 0.3 is 6.09 Å². The fourth-order valence-electron chi connectivity index (χ4n) is 2.32. The van der Waals surface area contributed by atoms with Crippen molar-refractivity contribution in [2.75, 3.05) is 6.54 Å². The number of ether oxygens (including phenoxy) is 1. The summed E-state index contributed by atoms with van der Waals surface area (Å²) in [4.78, 5) is 12.1. The Morgan fingerprint density at radius 3 is 2.30 bits per heavy atom. The van der Waals surface area contributed by atoms with Crippen LogP contribution in [-0.2, 0) is 11.3 Å². The molecule has 0 aliphatic heterocycles. The smallest absolute Gasteiger partial charge is 0.408 e. The van der Waals surface area contributed by atoms with E-state index in [9.17, 15) is 4.79 Å². The topological polar surface area (TPSA) is 50.4 Å². The fourth-order valence-corrected chi connectivity index (χ4v) is 2.74. The number of amides is 1. The lowest BCUT2D eigenvalue weighted by atomic mass is 9.92. The molecule has 0 saturated heterocycles. The van der Waals surface area contributed by atoms with E-state index in [0.717, 1.165) is 23.9 Å². The highest BCUT2D eigenvalue weighted by molar-refractivity contribution is 9.10. The summed E-state index contributed by atoms with van der Waals surface area (Å²) in [5.41, 5.74) is 0.411. The van der Waals surface area contributed by atoms with E-state index in [1.165, 1.54) is 5.56 Å². The molecule has 0 bridgehead atoms. The summed E-state index contributed by atoms with van der Waals surface area (Å²) in [6, 6.07) is 8.13. The number of carbonyl (C=O) groups excluding carboxylic acids is 1. The van der Waals surface area contributed by atoms with E-state index in [1.807, 2.05) is 39.0 Å². The maximum Gasteiger partial charge on any atom is 0.408 e. The van der Waals surface area contributed by atoms with Gasteiger partial charge in [0.25, 0.3) is 0 Å². The highest BCUT2D eigenvalue weighted by Gasteiger charge is 2.30. The van der Waals surface area contributed by atoms with E-state index in [-0.39, 0.29) is 11.6 Å². The lowest BCUT2D eigenvalue weighted by molar-refractivity contribution is 0.0446. The number of carbonyl (C=O) groups is 1. The third-order valence-corrected chi connectivity index (χ3v) is 4.63. The van der Waals surface area contributed by atoms with Crippen molar-refractivity contribution >= 4 is 22.0 Å². The van der Waals surface area contributed by atoms with Crippen LogP contribution < -0.4 is 10.6 Å². The summed E-state index contributed by atoms with van der Waals surface area (Å²) in [7, 11) is 0. The van der Waals surface area contributed by atoms with Gasteiger partial charge in [-0.15, -0.1) is 0 Å². The molecular formula is C18H29BrN2O2. The summed E-state index contributed by atoms with van der Waals surface area (Å²) >= 11 is 3.55. The van der Waals surface area contributed by atoms with Gasteiger partial charge in [-0.2, -0.15) is 0 Å². The van der Waals surface area contributed by atoms with E-state index >= 15 is 0 Å². The molecule has 2 N–H and O–H groups in total. The van der Waals surface area contributed by atoms with Crippen LogP contribution in [-0.4, -0.2) is 23.8 Å². The van der Waals surface area contributed by atoms with Gasteiger partial charge in [0, 0.05) is 17.6 Å². The van der Waals surface area contributed by atoms with Crippen molar-refractivity contribution in [1.29, 1.82) is 0 Å². The zero-order chi connectivity index (χ0) is 17.5. The Labute approximate surface area is 148 Å². The molecule has 0 spiro atoms. The predicted octanol–water partition coefficient (Wildman–Crippen LogP) is 4.62. The van der Waals surface area contributed by atoms with Crippen LogP contribution in [0.25, 0.3) is 0 Å². The second-order valence-corrected chi connectivity index (χ2v) is 7.66. The van der Waals surface area contributed by atoms with Gasteiger partial charge in [-0.05, 0) is 45.2 Å². The number of hydrogen-bond acceptors (Lipinski definition) is 3. The van der Waals surface area contributed by atoms with Crippen molar-refractivity contribution in [1.82, 2.24) is 10.6 Å². The number of hydrogen-bond donors (Lipinski definition) is 2. The minimum Gasteiger partial charge on any atom is -0.444 e. The molecule has 1 aromatic carbocycles. The first-order valence-electron chi connectivity index (χ1n) is 8.16. The third-order valence-electron chi connectivity index (χ3n) is 3.86. The van der Waals surface area contributed by atoms with Gasteiger partial charge in [0.15, 0.2) is 0 Å². The Morgan fingerprint density at radius 2 is 1.78 bits per heavy atom. The van der Waals surface area contributed by atoms with Crippen LogP contribution in [0.4, 0.5) is 4.79 Å². The maximum absolute atomic E-state index is 12.1. The average Bonchev–Trinajstić information content (AvgIpc) is 2.46. The monoisotopic (exact) mass is 384 g/mol. The molecule has 1 rings (SSSR count). The quantitative estimate of drug-likeness (QED) is 0.720. The molecule has 23 heavy (non-hydrogen) atoms. The van der Waals surface area contributed by atoms with Gasteiger partial charge in [0.05, 0.1) is 5.54 Å². The van der Waals surface area contributed by atoms with Crippen molar-refractivity contribution in [3.05, 3.63) is 34.3 Å². The Morgan fingerprint density at radius 1 is 1.17 bits per heavy atom. The number of rotatable bonds is 7. The third kappa shape index (κ3) is 6.92. The van der Waals surface area contributed by atoms with Crippen molar-refractivity contribution in [2.24, 2.45) is 0 Å². The summed E-state index contributed by atoms with van der Waals surface area (Å²) in [6.07, 6.45) is 1.32.